The Morgan fingerprint density at radius 1 is 1.05 bits per heavy atom. The molecule has 0 fully saturated rings. The largest absolute Gasteiger partial charge is 0.241 e. The van der Waals surface area contributed by atoms with Gasteiger partial charge >= 0.3 is 0 Å². The molecule has 0 saturated heterocycles. The maximum absolute atomic E-state index is 9.26. The smallest absolute Gasteiger partial charge is 0.103 e. The van der Waals surface area contributed by atoms with Gasteiger partial charge in [0.2, 0.25) is 0 Å². The van der Waals surface area contributed by atoms with Gasteiger partial charge in [-0.3, -0.25) is 0 Å². The van der Waals surface area contributed by atoms with Crippen LogP contribution in [0.5, 0.6) is 0 Å². The first kappa shape index (κ1) is 13.0. The number of para-hydroxylation sites is 1. The summed E-state index contributed by atoms with van der Waals surface area (Å²) in [6, 6.07) is 19.3. The number of hydrogen-bond acceptors (Lipinski definition) is 3. The van der Waals surface area contributed by atoms with Crippen molar-refractivity contribution in [1.29, 1.82) is 5.26 Å². The van der Waals surface area contributed by atoms with Gasteiger partial charge in [-0.05, 0) is 30.3 Å². The third-order valence-electron chi connectivity index (χ3n) is 2.83. The average Bonchev–Trinajstić information content (AvgIpc) is 2.46. The van der Waals surface area contributed by atoms with Gasteiger partial charge < -0.3 is 0 Å². The molecule has 0 aliphatic carbocycles. The summed E-state index contributed by atoms with van der Waals surface area (Å²) in [7, 11) is 0. The minimum Gasteiger partial charge on any atom is -0.241 e. The van der Waals surface area contributed by atoms with E-state index in [0.29, 0.717) is 10.6 Å². The lowest BCUT2D eigenvalue weighted by molar-refractivity contribution is 1.18. The zero-order chi connectivity index (χ0) is 13.9. The number of rotatable bonds is 2. The van der Waals surface area contributed by atoms with Gasteiger partial charge in [-0.25, -0.2) is 4.98 Å². The maximum Gasteiger partial charge on any atom is 0.103 e. The second-order valence-electron chi connectivity index (χ2n) is 4.20. The molecule has 0 spiro atoms. The highest BCUT2D eigenvalue weighted by Gasteiger charge is 2.06. The highest BCUT2D eigenvalue weighted by molar-refractivity contribution is 7.99. The number of benzene rings is 2. The van der Waals surface area contributed by atoms with Crippen LogP contribution in [0.25, 0.3) is 10.9 Å². The van der Waals surface area contributed by atoms with E-state index in [0.717, 1.165) is 20.8 Å². The van der Waals surface area contributed by atoms with Crippen LogP contribution in [0, 0.1) is 11.3 Å². The molecule has 20 heavy (non-hydrogen) atoms. The molecular formula is C16H9ClN2S. The number of aromatic nitrogens is 1. The van der Waals surface area contributed by atoms with Crippen molar-refractivity contribution in [3.05, 3.63) is 65.2 Å². The van der Waals surface area contributed by atoms with Crippen molar-refractivity contribution < 1.29 is 0 Å². The average molecular weight is 297 g/mol. The van der Waals surface area contributed by atoms with Gasteiger partial charge in [0, 0.05) is 15.3 Å². The Labute approximate surface area is 126 Å². The molecule has 2 aromatic carbocycles. The third kappa shape index (κ3) is 2.62. The van der Waals surface area contributed by atoms with E-state index in [-0.39, 0.29) is 0 Å². The van der Waals surface area contributed by atoms with Crippen LogP contribution in [0.4, 0.5) is 0 Å². The number of fused-ring (bicyclic) bond motifs is 1. The topological polar surface area (TPSA) is 36.7 Å². The number of halogens is 1. The van der Waals surface area contributed by atoms with E-state index in [4.69, 9.17) is 11.6 Å². The van der Waals surface area contributed by atoms with Crippen LogP contribution in [0.1, 0.15) is 5.56 Å². The van der Waals surface area contributed by atoms with E-state index in [1.165, 1.54) is 11.8 Å². The zero-order valence-corrected chi connectivity index (χ0v) is 11.9. The monoisotopic (exact) mass is 296 g/mol. The molecule has 0 N–H and O–H groups in total. The van der Waals surface area contributed by atoms with Crippen molar-refractivity contribution in [3.63, 3.8) is 0 Å². The normalized spacial score (nSPS) is 10.4. The highest BCUT2D eigenvalue weighted by Crippen LogP contribution is 2.30. The predicted octanol–water partition coefficient (Wildman–Crippen LogP) is 4.91. The Bertz CT molecular complexity index is 824. The van der Waals surface area contributed by atoms with Crippen LogP contribution in [0.2, 0.25) is 5.02 Å². The summed E-state index contributed by atoms with van der Waals surface area (Å²) in [5.74, 6) is 0. The summed E-state index contributed by atoms with van der Waals surface area (Å²) >= 11 is 7.48. The Kier molecular flexibility index (Phi) is 3.60. The standard InChI is InChI=1S/C16H9ClN2S/c17-12-4-3-5-13(9-12)20-16-8-11(10-18)14-6-1-2-7-15(14)19-16/h1-9H. The molecule has 4 heteroatoms. The molecule has 0 amide bonds. The molecule has 1 heterocycles. The molecule has 0 unspecified atom stereocenters. The van der Waals surface area contributed by atoms with E-state index < -0.39 is 0 Å². The Balaban J connectivity index is 2.06. The molecular weight excluding hydrogens is 288 g/mol. The molecule has 1 aromatic heterocycles. The molecule has 0 atom stereocenters. The molecule has 0 aliphatic rings. The van der Waals surface area contributed by atoms with Gasteiger partial charge in [0.1, 0.15) is 5.03 Å². The summed E-state index contributed by atoms with van der Waals surface area (Å²) < 4.78 is 0. The van der Waals surface area contributed by atoms with Crippen LogP contribution in [0.15, 0.2) is 64.5 Å². The van der Waals surface area contributed by atoms with Crippen molar-refractivity contribution in [2.75, 3.05) is 0 Å². The molecule has 3 rings (SSSR count). The van der Waals surface area contributed by atoms with Gasteiger partial charge in [0.05, 0.1) is 17.1 Å². The van der Waals surface area contributed by atoms with Crippen LogP contribution in [0.3, 0.4) is 0 Å². The van der Waals surface area contributed by atoms with E-state index >= 15 is 0 Å². The minimum absolute atomic E-state index is 0.639. The lowest BCUT2D eigenvalue weighted by Gasteiger charge is -2.05. The first-order valence-corrected chi connectivity index (χ1v) is 7.19. The van der Waals surface area contributed by atoms with E-state index in [2.05, 4.69) is 11.1 Å². The van der Waals surface area contributed by atoms with Gasteiger partial charge in [-0.1, -0.05) is 47.6 Å². The molecule has 96 valence electrons. The number of pyridine rings is 1. The molecule has 0 bridgehead atoms. The van der Waals surface area contributed by atoms with Crippen LogP contribution in [-0.2, 0) is 0 Å². The second-order valence-corrected chi connectivity index (χ2v) is 5.73. The number of nitriles is 1. The molecule has 0 saturated carbocycles. The van der Waals surface area contributed by atoms with Crippen LogP contribution < -0.4 is 0 Å². The van der Waals surface area contributed by atoms with Gasteiger partial charge in [-0.15, -0.1) is 0 Å². The molecule has 3 aromatic rings. The van der Waals surface area contributed by atoms with Gasteiger partial charge in [0.25, 0.3) is 0 Å². The number of hydrogen-bond donors (Lipinski definition) is 0. The van der Waals surface area contributed by atoms with Crippen molar-refractivity contribution in [3.8, 4) is 6.07 Å². The summed E-state index contributed by atoms with van der Waals surface area (Å²) in [6.07, 6.45) is 0. The lowest BCUT2D eigenvalue weighted by atomic mass is 10.1. The fraction of sp³-hybridized carbons (Fsp3) is 0. The minimum atomic E-state index is 0.639. The predicted molar refractivity (Wildman–Crippen MR) is 82.0 cm³/mol. The van der Waals surface area contributed by atoms with Crippen LogP contribution in [-0.4, -0.2) is 4.98 Å². The van der Waals surface area contributed by atoms with Crippen molar-refractivity contribution in [2.45, 2.75) is 9.92 Å². The fourth-order valence-electron chi connectivity index (χ4n) is 1.95. The SMILES string of the molecule is N#Cc1cc(Sc2cccc(Cl)c2)nc2ccccc12. The number of nitrogens with zero attached hydrogens (tertiary/aromatic N) is 2. The summed E-state index contributed by atoms with van der Waals surface area (Å²) in [5, 5.41) is 11.6. The Morgan fingerprint density at radius 2 is 1.90 bits per heavy atom. The van der Waals surface area contributed by atoms with Crippen molar-refractivity contribution in [2.24, 2.45) is 0 Å². The first-order valence-electron chi connectivity index (χ1n) is 5.99. The van der Waals surface area contributed by atoms with E-state index in [9.17, 15) is 5.26 Å². The lowest BCUT2D eigenvalue weighted by Crippen LogP contribution is -1.87. The van der Waals surface area contributed by atoms with Crippen molar-refractivity contribution >= 4 is 34.3 Å². The highest BCUT2D eigenvalue weighted by atomic mass is 35.5. The second kappa shape index (κ2) is 5.54. The van der Waals surface area contributed by atoms with E-state index in [1.54, 1.807) is 0 Å². The fourth-order valence-corrected chi connectivity index (χ4v) is 3.10. The zero-order valence-electron chi connectivity index (χ0n) is 10.4. The summed E-state index contributed by atoms with van der Waals surface area (Å²) in [5.41, 5.74) is 1.47. The van der Waals surface area contributed by atoms with Crippen LogP contribution >= 0.6 is 23.4 Å². The maximum atomic E-state index is 9.26. The molecule has 0 aliphatic heterocycles. The Hall–Kier alpha value is -2.02. The third-order valence-corrected chi connectivity index (χ3v) is 3.97. The van der Waals surface area contributed by atoms with Crippen molar-refractivity contribution in [1.82, 2.24) is 4.98 Å². The summed E-state index contributed by atoms with van der Waals surface area (Å²) in [4.78, 5) is 5.58. The van der Waals surface area contributed by atoms with Gasteiger partial charge in [-0.2, -0.15) is 5.26 Å². The Morgan fingerprint density at radius 3 is 2.70 bits per heavy atom. The molecule has 2 nitrogen and oxygen atoms in total. The first-order chi connectivity index (χ1) is 9.76. The molecule has 0 radical (unpaired) electrons. The summed E-state index contributed by atoms with van der Waals surface area (Å²) in [6.45, 7) is 0. The quantitative estimate of drug-likeness (QED) is 0.674. The van der Waals surface area contributed by atoms with E-state index in [1.807, 2.05) is 54.6 Å². The van der Waals surface area contributed by atoms with Gasteiger partial charge in [0.15, 0.2) is 0 Å².